The van der Waals surface area contributed by atoms with E-state index in [9.17, 15) is 4.79 Å². The van der Waals surface area contributed by atoms with Gasteiger partial charge in [0.15, 0.2) is 0 Å². The Morgan fingerprint density at radius 3 is 2.35 bits per heavy atom. The van der Waals surface area contributed by atoms with Crippen LogP contribution in [-0.2, 0) is 7.05 Å². The summed E-state index contributed by atoms with van der Waals surface area (Å²) in [6, 6.07) is 9.04. The zero-order valence-corrected chi connectivity index (χ0v) is 12.3. The van der Waals surface area contributed by atoms with Gasteiger partial charge in [-0.2, -0.15) is 0 Å². The van der Waals surface area contributed by atoms with Crippen molar-refractivity contribution in [1.82, 2.24) is 4.57 Å². The number of aryl methyl sites for hydroxylation is 2. The summed E-state index contributed by atoms with van der Waals surface area (Å²) < 4.78 is 6.76. The zero-order chi connectivity index (χ0) is 14.9. The van der Waals surface area contributed by atoms with Gasteiger partial charge in [-0.3, -0.25) is 4.79 Å². The molecule has 20 heavy (non-hydrogen) atoms. The molecule has 0 aliphatic carbocycles. The lowest BCUT2D eigenvalue weighted by Gasteiger charge is -2.17. The highest BCUT2D eigenvalue weighted by Gasteiger charge is 2.17. The van der Waals surface area contributed by atoms with Gasteiger partial charge in [0.25, 0.3) is 5.56 Å². The van der Waals surface area contributed by atoms with E-state index in [2.05, 4.69) is 0 Å². The van der Waals surface area contributed by atoms with Crippen LogP contribution in [0.3, 0.4) is 0 Å². The maximum atomic E-state index is 12.4. The summed E-state index contributed by atoms with van der Waals surface area (Å²) in [4.78, 5) is 12.4. The second kappa shape index (κ2) is 5.51. The quantitative estimate of drug-likeness (QED) is 0.930. The number of hydrogen-bond donors (Lipinski definition) is 1. The molecule has 1 atom stereocenters. The minimum Gasteiger partial charge on any atom is -0.497 e. The van der Waals surface area contributed by atoms with Crippen LogP contribution in [0.4, 0.5) is 0 Å². The third-order valence-electron chi connectivity index (χ3n) is 3.70. The van der Waals surface area contributed by atoms with Gasteiger partial charge in [0.2, 0.25) is 0 Å². The van der Waals surface area contributed by atoms with Gasteiger partial charge in [0, 0.05) is 18.3 Å². The molecule has 0 saturated carbocycles. The minimum absolute atomic E-state index is 0.0363. The molecule has 4 heteroatoms. The van der Waals surface area contributed by atoms with Gasteiger partial charge >= 0.3 is 0 Å². The lowest BCUT2D eigenvalue weighted by Crippen LogP contribution is -2.29. The first-order valence-electron chi connectivity index (χ1n) is 6.52. The van der Waals surface area contributed by atoms with E-state index in [1.54, 1.807) is 18.7 Å². The number of rotatable bonds is 3. The third-order valence-corrected chi connectivity index (χ3v) is 3.70. The molecule has 0 aliphatic rings. The molecule has 0 bridgehead atoms. The van der Waals surface area contributed by atoms with E-state index in [0.717, 1.165) is 22.6 Å². The fraction of sp³-hybridized carbons (Fsp3) is 0.312. The smallest absolute Gasteiger partial charge is 0.255 e. The summed E-state index contributed by atoms with van der Waals surface area (Å²) in [6.45, 7) is 3.84. The third kappa shape index (κ3) is 2.47. The van der Waals surface area contributed by atoms with E-state index in [1.807, 2.05) is 44.2 Å². The molecule has 1 aromatic carbocycles. The number of aromatic nitrogens is 1. The Morgan fingerprint density at radius 1 is 1.20 bits per heavy atom. The molecule has 0 amide bonds. The summed E-state index contributed by atoms with van der Waals surface area (Å²) >= 11 is 0. The van der Waals surface area contributed by atoms with Crippen molar-refractivity contribution in [2.24, 2.45) is 12.8 Å². The molecule has 2 N–H and O–H groups in total. The molecule has 0 fully saturated rings. The highest BCUT2D eigenvalue weighted by Crippen LogP contribution is 2.22. The predicted octanol–water partition coefficient (Wildman–Crippen LogP) is 2.06. The second-order valence-electron chi connectivity index (χ2n) is 5.00. The zero-order valence-electron chi connectivity index (χ0n) is 12.3. The summed E-state index contributed by atoms with van der Waals surface area (Å²) in [7, 11) is 3.39. The normalized spacial score (nSPS) is 12.2. The van der Waals surface area contributed by atoms with Crippen LogP contribution < -0.4 is 16.0 Å². The van der Waals surface area contributed by atoms with Gasteiger partial charge < -0.3 is 15.0 Å². The Labute approximate surface area is 118 Å². The van der Waals surface area contributed by atoms with Gasteiger partial charge in [-0.1, -0.05) is 12.1 Å². The van der Waals surface area contributed by atoms with Crippen LogP contribution in [0.15, 0.2) is 35.1 Å². The number of benzene rings is 1. The molecular formula is C16H20N2O2. The first-order valence-corrected chi connectivity index (χ1v) is 6.52. The van der Waals surface area contributed by atoms with Gasteiger partial charge in [-0.15, -0.1) is 0 Å². The number of pyridine rings is 1. The average molecular weight is 272 g/mol. The monoisotopic (exact) mass is 272 g/mol. The molecule has 0 saturated heterocycles. The summed E-state index contributed by atoms with van der Waals surface area (Å²) in [5.74, 6) is 0.773. The predicted molar refractivity (Wildman–Crippen MR) is 80.2 cm³/mol. The van der Waals surface area contributed by atoms with E-state index >= 15 is 0 Å². The van der Waals surface area contributed by atoms with Crippen LogP contribution in [0.25, 0.3) is 0 Å². The van der Waals surface area contributed by atoms with E-state index in [4.69, 9.17) is 10.5 Å². The molecular weight excluding hydrogens is 252 g/mol. The van der Waals surface area contributed by atoms with Gasteiger partial charge in [-0.05, 0) is 43.2 Å². The highest BCUT2D eigenvalue weighted by molar-refractivity contribution is 5.38. The summed E-state index contributed by atoms with van der Waals surface area (Å²) in [5.41, 5.74) is 9.63. The number of ether oxygens (including phenoxy) is 1. The van der Waals surface area contributed by atoms with E-state index in [-0.39, 0.29) is 5.56 Å². The second-order valence-corrected chi connectivity index (χ2v) is 5.00. The van der Waals surface area contributed by atoms with Gasteiger partial charge in [0.05, 0.1) is 13.2 Å². The van der Waals surface area contributed by atoms with E-state index < -0.39 is 6.04 Å². The number of hydrogen-bond acceptors (Lipinski definition) is 3. The van der Waals surface area contributed by atoms with Crippen molar-refractivity contribution in [2.45, 2.75) is 19.9 Å². The summed E-state index contributed by atoms with van der Waals surface area (Å²) in [5, 5.41) is 0. The Kier molecular flexibility index (Phi) is 3.95. The Bertz CT molecular complexity index is 672. The van der Waals surface area contributed by atoms with Crippen molar-refractivity contribution in [1.29, 1.82) is 0 Å². The van der Waals surface area contributed by atoms with Crippen molar-refractivity contribution in [3.63, 3.8) is 0 Å². The lowest BCUT2D eigenvalue weighted by molar-refractivity contribution is 0.414. The molecule has 1 heterocycles. The van der Waals surface area contributed by atoms with Crippen LogP contribution in [0.2, 0.25) is 0 Å². The molecule has 0 spiro atoms. The molecule has 4 nitrogen and oxygen atoms in total. The minimum atomic E-state index is -0.430. The topological polar surface area (TPSA) is 57.2 Å². The largest absolute Gasteiger partial charge is 0.497 e. The Balaban J connectivity index is 2.50. The first kappa shape index (κ1) is 14.3. The van der Waals surface area contributed by atoms with Crippen LogP contribution >= 0.6 is 0 Å². The van der Waals surface area contributed by atoms with Crippen LogP contribution in [-0.4, -0.2) is 11.7 Å². The Morgan fingerprint density at radius 2 is 1.80 bits per heavy atom. The molecule has 2 rings (SSSR count). The number of nitrogens with two attached hydrogens (primary N) is 1. The van der Waals surface area contributed by atoms with E-state index in [1.165, 1.54) is 0 Å². The standard InChI is InChI=1S/C16H20N2O2/c1-10-9-11(2)18(3)16(19)14(10)15(17)12-5-7-13(20-4)8-6-12/h5-9,15H,17H2,1-4H3. The Hall–Kier alpha value is -2.07. The maximum Gasteiger partial charge on any atom is 0.255 e. The molecule has 0 aliphatic heterocycles. The van der Waals surface area contributed by atoms with Crippen molar-refractivity contribution in [2.75, 3.05) is 7.11 Å². The van der Waals surface area contributed by atoms with Crippen molar-refractivity contribution >= 4 is 0 Å². The first-order chi connectivity index (χ1) is 9.45. The van der Waals surface area contributed by atoms with Crippen LogP contribution in [0, 0.1) is 13.8 Å². The number of nitrogens with zero attached hydrogens (tertiary/aromatic N) is 1. The lowest BCUT2D eigenvalue weighted by atomic mass is 9.96. The maximum absolute atomic E-state index is 12.4. The van der Waals surface area contributed by atoms with Gasteiger partial charge in [-0.25, -0.2) is 0 Å². The molecule has 106 valence electrons. The molecule has 0 radical (unpaired) electrons. The van der Waals surface area contributed by atoms with Crippen molar-refractivity contribution in [3.8, 4) is 5.75 Å². The SMILES string of the molecule is COc1ccc(C(N)c2c(C)cc(C)n(C)c2=O)cc1. The van der Waals surface area contributed by atoms with Crippen molar-refractivity contribution in [3.05, 3.63) is 63.1 Å². The van der Waals surface area contributed by atoms with Crippen LogP contribution in [0.1, 0.15) is 28.4 Å². The fourth-order valence-electron chi connectivity index (χ4n) is 2.35. The average Bonchev–Trinajstić information content (AvgIpc) is 2.45. The van der Waals surface area contributed by atoms with E-state index in [0.29, 0.717) is 5.56 Å². The fourth-order valence-corrected chi connectivity index (χ4v) is 2.35. The molecule has 2 aromatic rings. The number of methoxy groups -OCH3 is 1. The highest BCUT2D eigenvalue weighted by atomic mass is 16.5. The van der Waals surface area contributed by atoms with Crippen molar-refractivity contribution < 1.29 is 4.74 Å². The molecule has 1 unspecified atom stereocenters. The summed E-state index contributed by atoms with van der Waals surface area (Å²) in [6.07, 6.45) is 0. The van der Waals surface area contributed by atoms with Gasteiger partial charge in [0.1, 0.15) is 5.75 Å². The molecule has 1 aromatic heterocycles. The van der Waals surface area contributed by atoms with Crippen LogP contribution in [0.5, 0.6) is 5.75 Å².